The number of benzene rings is 1. The molecule has 0 aromatic heterocycles. The van der Waals surface area contributed by atoms with Gasteiger partial charge in [-0.25, -0.2) is 4.39 Å². The quantitative estimate of drug-likeness (QED) is 0.743. The Morgan fingerprint density at radius 2 is 2.26 bits per heavy atom. The summed E-state index contributed by atoms with van der Waals surface area (Å²) < 4.78 is 23.5. The van der Waals surface area contributed by atoms with Crippen molar-refractivity contribution in [2.24, 2.45) is 0 Å². The second-order valence-corrected chi connectivity index (χ2v) is 5.69. The molecule has 1 heterocycles. The first-order valence-electron chi connectivity index (χ1n) is 8.05. The van der Waals surface area contributed by atoms with Gasteiger partial charge < -0.3 is 19.7 Å². The van der Waals surface area contributed by atoms with E-state index in [2.05, 4.69) is 10.2 Å². The lowest BCUT2D eigenvalue weighted by Crippen LogP contribution is -2.48. The molecule has 1 saturated heterocycles. The van der Waals surface area contributed by atoms with Gasteiger partial charge in [0.15, 0.2) is 0 Å². The van der Waals surface area contributed by atoms with Gasteiger partial charge in [0.25, 0.3) is 0 Å². The van der Waals surface area contributed by atoms with Crippen molar-refractivity contribution >= 4 is 11.6 Å². The van der Waals surface area contributed by atoms with Gasteiger partial charge in [-0.3, -0.25) is 4.79 Å². The highest BCUT2D eigenvalue weighted by atomic mass is 19.1. The van der Waals surface area contributed by atoms with Crippen LogP contribution in [0, 0.1) is 5.82 Å². The summed E-state index contributed by atoms with van der Waals surface area (Å²) in [5, 5.41) is 3.04. The molecule has 0 saturated carbocycles. The summed E-state index contributed by atoms with van der Waals surface area (Å²) in [5.74, 6) is -0.240. The molecule has 5 nitrogen and oxygen atoms in total. The van der Waals surface area contributed by atoms with Crippen molar-refractivity contribution < 1.29 is 18.7 Å². The maximum Gasteiger partial charge on any atom is 0.222 e. The molecule has 2 rings (SSSR count). The number of nitrogens with zero attached hydrogens (tertiary/aromatic N) is 1. The Morgan fingerprint density at radius 1 is 1.39 bits per heavy atom. The number of carbonyl (C=O) groups is 1. The molecule has 1 aliphatic heterocycles. The van der Waals surface area contributed by atoms with Gasteiger partial charge in [0.05, 0.1) is 19.8 Å². The van der Waals surface area contributed by atoms with Crippen LogP contribution < -0.4 is 10.2 Å². The zero-order valence-corrected chi connectivity index (χ0v) is 13.6. The number of rotatable bonds is 8. The largest absolute Gasteiger partial charge is 0.382 e. The Labute approximate surface area is 136 Å². The third-order valence-corrected chi connectivity index (χ3v) is 3.87. The smallest absolute Gasteiger partial charge is 0.222 e. The molecule has 1 aromatic carbocycles. The van der Waals surface area contributed by atoms with Crippen molar-refractivity contribution in [1.29, 1.82) is 0 Å². The molecule has 6 heteroatoms. The van der Waals surface area contributed by atoms with Gasteiger partial charge in [-0.2, -0.15) is 0 Å². The van der Waals surface area contributed by atoms with Crippen LogP contribution in [0.5, 0.6) is 0 Å². The molecule has 0 radical (unpaired) electrons. The maximum absolute atomic E-state index is 13.3. The number of anilines is 1. The SMILES string of the molecule is COCCOCCC(=O)N[C@H]1CCCN(c2cccc(F)c2)C1. The molecular weight excluding hydrogens is 299 g/mol. The fourth-order valence-corrected chi connectivity index (χ4v) is 2.71. The van der Waals surface area contributed by atoms with Crippen LogP contribution in [-0.4, -0.2) is 52.0 Å². The normalized spacial score (nSPS) is 18.0. The third kappa shape index (κ3) is 6.15. The van der Waals surface area contributed by atoms with Crippen LogP contribution >= 0.6 is 0 Å². The molecule has 1 N–H and O–H groups in total. The first-order chi connectivity index (χ1) is 11.2. The minimum Gasteiger partial charge on any atom is -0.382 e. The average Bonchev–Trinajstić information content (AvgIpc) is 2.55. The molecule has 0 bridgehead atoms. The molecule has 1 amide bonds. The van der Waals surface area contributed by atoms with E-state index in [9.17, 15) is 9.18 Å². The molecule has 0 unspecified atom stereocenters. The lowest BCUT2D eigenvalue weighted by Gasteiger charge is -2.34. The van der Waals surface area contributed by atoms with Crippen LogP contribution in [0.2, 0.25) is 0 Å². The number of methoxy groups -OCH3 is 1. The van der Waals surface area contributed by atoms with Gasteiger partial charge in [-0.15, -0.1) is 0 Å². The van der Waals surface area contributed by atoms with Gasteiger partial charge in [0, 0.05) is 38.3 Å². The monoisotopic (exact) mass is 324 g/mol. The third-order valence-electron chi connectivity index (χ3n) is 3.87. The summed E-state index contributed by atoms with van der Waals surface area (Å²) in [6.07, 6.45) is 2.27. The Hall–Kier alpha value is -1.66. The molecule has 23 heavy (non-hydrogen) atoms. The highest BCUT2D eigenvalue weighted by Crippen LogP contribution is 2.20. The van der Waals surface area contributed by atoms with E-state index in [0.29, 0.717) is 32.8 Å². The van der Waals surface area contributed by atoms with Crippen molar-refractivity contribution in [3.63, 3.8) is 0 Å². The second kappa shape index (κ2) is 9.47. The van der Waals surface area contributed by atoms with E-state index in [0.717, 1.165) is 25.1 Å². The van der Waals surface area contributed by atoms with Gasteiger partial charge in [-0.1, -0.05) is 6.07 Å². The van der Waals surface area contributed by atoms with Crippen LogP contribution in [0.25, 0.3) is 0 Å². The first kappa shape index (κ1) is 17.7. The Bertz CT molecular complexity index is 498. The number of ether oxygens (including phenoxy) is 2. The van der Waals surface area contributed by atoms with Crippen LogP contribution in [0.3, 0.4) is 0 Å². The molecule has 1 aromatic rings. The van der Waals surface area contributed by atoms with E-state index in [1.165, 1.54) is 12.1 Å². The molecule has 1 fully saturated rings. The standard InChI is InChI=1S/C17H25FN2O3/c1-22-10-11-23-9-7-17(21)19-15-5-3-8-20(13-15)16-6-2-4-14(18)12-16/h2,4,6,12,15H,3,5,7-11,13H2,1H3,(H,19,21)/t15-/m0/s1. The van der Waals surface area contributed by atoms with Gasteiger partial charge in [0.1, 0.15) is 5.82 Å². The minimum absolute atomic E-state index is 0.00601. The number of halogens is 1. The highest BCUT2D eigenvalue weighted by Gasteiger charge is 2.21. The summed E-state index contributed by atoms with van der Waals surface area (Å²) in [5.41, 5.74) is 0.867. The number of carbonyl (C=O) groups excluding carboxylic acids is 1. The summed E-state index contributed by atoms with van der Waals surface area (Å²) >= 11 is 0. The van der Waals surface area contributed by atoms with E-state index in [4.69, 9.17) is 9.47 Å². The van der Waals surface area contributed by atoms with Crippen molar-refractivity contribution in [2.45, 2.75) is 25.3 Å². The predicted octanol–water partition coefficient (Wildman–Crippen LogP) is 1.96. The molecule has 1 atom stereocenters. The molecule has 0 aliphatic carbocycles. The minimum atomic E-state index is -0.234. The van der Waals surface area contributed by atoms with Crippen molar-refractivity contribution in [3.8, 4) is 0 Å². The van der Waals surface area contributed by atoms with Crippen molar-refractivity contribution in [1.82, 2.24) is 5.32 Å². The van der Waals surface area contributed by atoms with E-state index < -0.39 is 0 Å². The maximum atomic E-state index is 13.3. The van der Waals surface area contributed by atoms with Crippen LogP contribution in [0.4, 0.5) is 10.1 Å². The molecular formula is C17H25FN2O3. The van der Waals surface area contributed by atoms with Gasteiger partial charge >= 0.3 is 0 Å². The number of hydrogen-bond acceptors (Lipinski definition) is 4. The Morgan fingerprint density at radius 3 is 3.04 bits per heavy atom. The summed E-state index contributed by atoms with van der Waals surface area (Å²) in [4.78, 5) is 14.1. The van der Waals surface area contributed by atoms with E-state index in [1.807, 2.05) is 6.07 Å². The summed E-state index contributed by atoms with van der Waals surface area (Å²) in [6, 6.07) is 6.68. The molecule has 1 aliphatic rings. The van der Waals surface area contributed by atoms with Crippen LogP contribution in [-0.2, 0) is 14.3 Å². The second-order valence-electron chi connectivity index (χ2n) is 5.69. The topological polar surface area (TPSA) is 50.8 Å². The zero-order valence-electron chi connectivity index (χ0n) is 13.6. The van der Waals surface area contributed by atoms with Crippen LogP contribution in [0.15, 0.2) is 24.3 Å². The number of nitrogens with one attached hydrogen (secondary N) is 1. The lowest BCUT2D eigenvalue weighted by molar-refractivity contribution is -0.123. The van der Waals surface area contributed by atoms with Gasteiger partial charge in [-0.05, 0) is 31.0 Å². The highest BCUT2D eigenvalue weighted by molar-refractivity contribution is 5.76. The molecule has 0 spiro atoms. The zero-order chi connectivity index (χ0) is 16.5. The van der Waals surface area contributed by atoms with Crippen LogP contribution in [0.1, 0.15) is 19.3 Å². The number of piperidine rings is 1. The Kier molecular flexibility index (Phi) is 7.29. The van der Waals surface area contributed by atoms with E-state index in [-0.39, 0.29) is 17.8 Å². The van der Waals surface area contributed by atoms with E-state index >= 15 is 0 Å². The molecule has 128 valence electrons. The van der Waals surface area contributed by atoms with E-state index in [1.54, 1.807) is 13.2 Å². The van der Waals surface area contributed by atoms with Crippen molar-refractivity contribution in [2.75, 3.05) is 44.9 Å². The number of amides is 1. The van der Waals surface area contributed by atoms with Crippen molar-refractivity contribution in [3.05, 3.63) is 30.1 Å². The summed E-state index contributed by atoms with van der Waals surface area (Å²) in [6.45, 7) is 3.03. The Balaban J connectivity index is 1.74. The summed E-state index contributed by atoms with van der Waals surface area (Å²) in [7, 11) is 1.61. The fraction of sp³-hybridized carbons (Fsp3) is 0.588. The average molecular weight is 324 g/mol. The predicted molar refractivity (Wildman–Crippen MR) is 87.1 cm³/mol. The fourth-order valence-electron chi connectivity index (χ4n) is 2.71. The lowest BCUT2D eigenvalue weighted by atomic mass is 10.0. The van der Waals surface area contributed by atoms with Gasteiger partial charge in [0.2, 0.25) is 5.91 Å². The first-order valence-corrected chi connectivity index (χ1v) is 8.05. The number of hydrogen-bond donors (Lipinski definition) is 1.